The predicted octanol–water partition coefficient (Wildman–Crippen LogP) is 1.38. The standard InChI is InChI=1S/C7H12NO/c1-2-7(6(8)9)4-3-5-7/h8H,2-5H2,1H3. The summed E-state index contributed by atoms with van der Waals surface area (Å²) in [5.41, 5.74) is 6.74. The third-order valence-corrected chi connectivity index (χ3v) is 2.47. The monoisotopic (exact) mass is 126 g/mol. The Balaban J connectivity index is 2.57. The third-order valence-electron chi connectivity index (χ3n) is 2.47. The van der Waals surface area contributed by atoms with Crippen molar-refractivity contribution in [1.29, 1.82) is 0 Å². The second kappa shape index (κ2) is 2.01. The number of nitrogens with one attached hydrogen (secondary N) is 1. The molecule has 0 bridgehead atoms. The number of carbonyl (C=O) groups is 1. The van der Waals surface area contributed by atoms with E-state index in [4.69, 9.17) is 5.73 Å². The maximum Gasteiger partial charge on any atom is 0.244 e. The summed E-state index contributed by atoms with van der Waals surface area (Å²) in [5.74, 6) is -0.351. The van der Waals surface area contributed by atoms with Crippen LogP contribution < -0.4 is 5.73 Å². The summed E-state index contributed by atoms with van der Waals surface area (Å²) in [4.78, 5) is 10.6. The van der Waals surface area contributed by atoms with Crippen LogP contribution in [0.3, 0.4) is 0 Å². The van der Waals surface area contributed by atoms with Gasteiger partial charge in [0.15, 0.2) is 0 Å². The van der Waals surface area contributed by atoms with Crippen molar-refractivity contribution in [2.75, 3.05) is 0 Å². The minimum absolute atomic E-state index is 0.208. The van der Waals surface area contributed by atoms with E-state index in [0.29, 0.717) is 0 Å². The maximum absolute atomic E-state index is 10.6. The number of amides is 1. The van der Waals surface area contributed by atoms with Gasteiger partial charge in [0.25, 0.3) is 0 Å². The van der Waals surface area contributed by atoms with Crippen LogP contribution in [0.1, 0.15) is 32.6 Å². The topological polar surface area (TPSA) is 40.9 Å². The molecule has 0 aromatic carbocycles. The number of rotatable bonds is 2. The van der Waals surface area contributed by atoms with Crippen LogP contribution in [-0.4, -0.2) is 5.91 Å². The van der Waals surface area contributed by atoms with Gasteiger partial charge in [0.05, 0.1) is 5.41 Å². The first-order valence-corrected chi connectivity index (χ1v) is 3.47. The Hall–Kier alpha value is -0.530. The Morgan fingerprint density at radius 1 is 1.67 bits per heavy atom. The van der Waals surface area contributed by atoms with Gasteiger partial charge in [-0.1, -0.05) is 13.3 Å². The fourth-order valence-corrected chi connectivity index (χ4v) is 1.34. The molecule has 2 heteroatoms. The molecule has 1 amide bonds. The lowest BCUT2D eigenvalue weighted by atomic mass is 9.66. The van der Waals surface area contributed by atoms with Crippen LogP contribution in [0.15, 0.2) is 0 Å². The lowest BCUT2D eigenvalue weighted by molar-refractivity contribution is -0.133. The molecule has 0 heterocycles. The zero-order valence-electron chi connectivity index (χ0n) is 5.74. The first-order valence-electron chi connectivity index (χ1n) is 3.47. The maximum atomic E-state index is 10.6. The van der Waals surface area contributed by atoms with Gasteiger partial charge >= 0.3 is 0 Å². The second-order valence-corrected chi connectivity index (χ2v) is 2.82. The lowest BCUT2D eigenvalue weighted by Crippen LogP contribution is -2.37. The van der Waals surface area contributed by atoms with E-state index in [-0.39, 0.29) is 11.3 Å². The molecule has 1 N–H and O–H groups in total. The highest BCUT2D eigenvalue weighted by Crippen LogP contribution is 2.43. The van der Waals surface area contributed by atoms with Gasteiger partial charge in [-0.2, -0.15) is 0 Å². The van der Waals surface area contributed by atoms with Gasteiger partial charge in [-0.05, 0) is 19.3 Å². The van der Waals surface area contributed by atoms with Gasteiger partial charge in [-0.15, -0.1) is 0 Å². The quantitative estimate of drug-likeness (QED) is 0.551. The molecule has 0 aromatic rings. The molecule has 0 atom stereocenters. The van der Waals surface area contributed by atoms with Crippen molar-refractivity contribution < 1.29 is 4.79 Å². The summed E-state index contributed by atoms with van der Waals surface area (Å²) in [6, 6.07) is 0. The highest BCUT2D eigenvalue weighted by Gasteiger charge is 2.40. The molecule has 1 saturated carbocycles. The molecule has 1 aliphatic rings. The summed E-state index contributed by atoms with van der Waals surface area (Å²) in [6.07, 6.45) is 3.89. The van der Waals surface area contributed by atoms with Gasteiger partial charge in [0.2, 0.25) is 5.91 Å². The number of hydrogen-bond acceptors (Lipinski definition) is 1. The van der Waals surface area contributed by atoms with Crippen LogP contribution in [0, 0.1) is 5.41 Å². The van der Waals surface area contributed by atoms with E-state index in [2.05, 4.69) is 0 Å². The van der Waals surface area contributed by atoms with E-state index in [1.54, 1.807) is 0 Å². The minimum atomic E-state index is -0.351. The highest BCUT2D eigenvalue weighted by molar-refractivity contribution is 5.80. The van der Waals surface area contributed by atoms with E-state index in [1.165, 1.54) is 0 Å². The fraction of sp³-hybridized carbons (Fsp3) is 0.857. The fourth-order valence-electron chi connectivity index (χ4n) is 1.34. The molecular weight excluding hydrogens is 114 g/mol. The molecule has 9 heavy (non-hydrogen) atoms. The van der Waals surface area contributed by atoms with Gasteiger partial charge in [0, 0.05) is 0 Å². The Bertz CT molecular complexity index is 121. The van der Waals surface area contributed by atoms with Crippen molar-refractivity contribution >= 4 is 5.91 Å². The van der Waals surface area contributed by atoms with Gasteiger partial charge in [-0.3, -0.25) is 10.5 Å². The van der Waals surface area contributed by atoms with E-state index in [1.807, 2.05) is 6.92 Å². The van der Waals surface area contributed by atoms with Crippen molar-refractivity contribution in [3.05, 3.63) is 0 Å². The minimum Gasteiger partial charge on any atom is -0.273 e. The average molecular weight is 126 g/mol. The van der Waals surface area contributed by atoms with E-state index in [9.17, 15) is 4.79 Å². The van der Waals surface area contributed by atoms with Crippen LogP contribution in [0.2, 0.25) is 0 Å². The van der Waals surface area contributed by atoms with E-state index in [0.717, 1.165) is 25.7 Å². The van der Waals surface area contributed by atoms with Crippen molar-refractivity contribution in [3.63, 3.8) is 0 Å². The molecule has 0 saturated heterocycles. The molecule has 51 valence electrons. The molecule has 0 aromatic heterocycles. The van der Waals surface area contributed by atoms with E-state index >= 15 is 0 Å². The predicted molar refractivity (Wildman–Crippen MR) is 34.7 cm³/mol. The van der Waals surface area contributed by atoms with Crippen LogP contribution in [0.5, 0.6) is 0 Å². The first kappa shape index (κ1) is 6.59. The molecule has 0 aliphatic heterocycles. The summed E-state index contributed by atoms with van der Waals surface area (Å²) in [7, 11) is 0. The average Bonchev–Trinajstić information content (AvgIpc) is 1.62. The van der Waals surface area contributed by atoms with Crippen molar-refractivity contribution in [2.45, 2.75) is 32.6 Å². The van der Waals surface area contributed by atoms with Gasteiger partial charge < -0.3 is 0 Å². The summed E-state index contributed by atoms with van der Waals surface area (Å²) in [5, 5.41) is 0. The molecule has 1 rings (SSSR count). The molecule has 1 aliphatic carbocycles. The zero-order chi connectivity index (χ0) is 6.91. The van der Waals surface area contributed by atoms with Gasteiger partial charge in [0.1, 0.15) is 0 Å². The first-order chi connectivity index (χ1) is 4.21. The number of carbonyl (C=O) groups excluding carboxylic acids is 1. The van der Waals surface area contributed by atoms with E-state index < -0.39 is 0 Å². The zero-order valence-corrected chi connectivity index (χ0v) is 5.74. The summed E-state index contributed by atoms with van der Waals surface area (Å²) >= 11 is 0. The SMILES string of the molecule is CCC1(C([NH])=O)CCC1. The van der Waals surface area contributed by atoms with Crippen molar-refractivity contribution in [3.8, 4) is 0 Å². The second-order valence-electron chi connectivity index (χ2n) is 2.82. The van der Waals surface area contributed by atoms with Crippen LogP contribution >= 0.6 is 0 Å². The molecular formula is C7H12NO. The Labute approximate surface area is 55.4 Å². The molecule has 0 unspecified atom stereocenters. The van der Waals surface area contributed by atoms with Crippen molar-refractivity contribution in [1.82, 2.24) is 5.73 Å². The highest BCUT2D eigenvalue weighted by atomic mass is 16.1. The van der Waals surface area contributed by atoms with Crippen molar-refractivity contribution in [2.24, 2.45) is 5.41 Å². The molecule has 1 radical (unpaired) electrons. The smallest absolute Gasteiger partial charge is 0.244 e. The third kappa shape index (κ3) is 0.824. The summed E-state index contributed by atoms with van der Waals surface area (Å²) in [6.45, 7) is 1.99. The Morgan fingerprint density at radius 2 is 2.22 bits per heavy atom. The molecule has 0 spiro atoms. The Kier molecular flexibility index (Phi) is 1.47. The Morgan fingerprint density at radius 3 is 2.22 bits per heavy atom. The molecule has 1 fully saturated rings. The van der Waals surface area contributed by atoms with Gasteiger partial charge in [-0.25, -0.2) is 0 Å². The normalized spacial score (nSPS) is 22.8. The number of hydrogen-bond donors (Lipinski definition) is 0. The molecule has 2 nitrogen and oxygen atoms in total. The lowest BCUT2D eigenvalue weighted by Gasteiger charge is -2.37. The largest absolute Gasteiger partial charge is 0.273 e. The van der Waals surface area contributed by atoms with Crippen LogP contribution in [0.4, 0.5) is 0 Å². The van der Waals surface area contributed by atoms with Crippen LogP contribution in [0.25, 0.3) is 0 Å². The van der Waals surface area contributed by atoms with Crippen LogP contribution in [-0.2, 0) is 4.79 Å². The summed E-state index contributed by atoms with van der Waals surface area (Å²) < 4.78 is 0.